The van der Waals surface area contributed by atoms with Crippen molar-refractivity contribution in [2.75, 3.05) is 13.2 Å². The fraction of sp³-hybridized carbons (Fsp3) is 0.167. The van der Waals surface area contributed by atoms with Crippen LogP contribution in [-0.4, -0.2) is 24.2 Å². The standard InChI is InChI=1S/C24H20N2O2/c1-17-8-6-14-25-23(17)13-7-15-26-24(27)28-16-22-20-11-4-2-9-18(20)19-10-3-5-12-21(19)22/h2-6,8-12,14,22H,15-16H2,1H3,(H,26,27). The molecule has 0 radical (unpaired) electrons. The van der Waals surface area contributed by atoms with Crippen LogP contribution in [0.2, 0.25) is 0 Å². The Morgan fingerprint density at radius 3 is 2.39 bits per heavy atom. The van der Waals surface area contributed by atoms with Gasteiger partial charge >= 0.3 is 6.09 Å². The maximum Gasteiger partial charge on any atom is 0.407 e. The number of fused-ring (bicyclic) bond motifs is 3. The Balaban J connectivity index is 1.36. The zero-order chi connectivity index (χ0) is 19.3. The maximum absolute atomic E-state index is 12.1. The number of nitrogens with one attached hydrogen (secondary N) is 1. The molecule has 1 heterocycles. The molecule has 0 fully saturated rings. The fourth-order valence-corrected chi connectivity index (χ4v) is 3.51. The number of aromatic nitrogens is 1. The molecule has 0 saturated carbocycles. The Hall–Kier alpha value is -3.58. The van der Waals surface area contributed by atoms with Crippen LogP contribution < -0.4 is 5.32 Å². The van der Waals surface area contributed by atoms with Gasteiger partial charge in [-0.3, -0.25) is 0 Å². The Morgan fingerprint density at radius 2 is 1.71 bits per heavy atom. The van der Waals surface area contributed by atoms with Crippen LogP contribution in [-0.2, 0) is 4.74 Å². The lowest BCUT2D eigenvalue weighted by Gasteiger charge is -2.14. The van der Waals surface area contributed by atoms with E-state index in [1.807, 2.05) is 43.3 Å². The van der Waals surface area contributed by atoms with E-state index in [1.54, 1.807) is 6.20 Å². The summed E-state index contributed by atoms with van der Waals surface area (Å²) >= 11 is 0. The van der Waals surface area contributed by atoms with Crippen LogP contribution in [0.1, 0.15) is 28.3 Å². The van der Waals surface area contributed by atoms with Gasteiger partial charge in [-0.2, -0.15) is 0 Å². The average Bonchev–Trinajstić information content (AvgIpc) is 3.05. The summed E-state index contributed by atoms with van der Waals surface area (Å²) in [5.41, 5.74) is 6.55. The van der Waals surface area contributed by atoms with Gasteiger partial charge in [-0.1, -0.05) is 60.5 Å². The molecule has 3 aromatic rings. The van der Waals surface area contributed by atoms with Crippen molar-refractivity contribution in [3.05, 3.63) is 89.2 Å². The molecule has 138 valence electrons. The molecule has 1 aliphatic rings. The minimum absolute atomic E-state index is 0.0559. The van der Waals surface area contributed by atoms with E-state index in [0.717, 1.165) is 11.3 Å². The number of hydrogen-bond acceptors (Lipinski definition) is 3. The van der Waals surface area contributed by atoms with Crippen LogP contribution in [0.4, 0.5) is 4.79 Å². The predicted octanol–water partition coefficient (Wildman–Crippen LogP) is 4.28. The fourth-order valence-electron chi connectivity index (χ4n) is 3.51. The van der Waals surface area contributed by atoms with Crippen LogP contribution in [0.3, 0.4) is 0 Å². The van der Waals surface area contributed by atoms with E-state index in [1.165, 1.54) is 22.3 Å². The summed E-state index contributed by atoms with van der Waals surface area (Å²) in [4.78, 5) is 16.3. The number of carbonyl (C=O) groups is 1. The summed E-state index contributed by atoms with van der Waals surface area (Å²) in [5.74, 6) is 5.92. The summed E-state index contributed by atoms with van der Waals surface area (Å²) in [7, 11) is 0. The molecule has 1 N–H and O–H groups in total. The predicted molar refractivity (Wildman–Crippen MR) is 109 cm³/mol. The second-order valence-electron chi connectivity index (χ2n) is 6.65. The zero-order valence-corrected chi connectivity index (χ0v) is 15.6. The highest BCUT2D eigenvalue weighted by Gasteiger charge is 2.28. The topological polar surface area (TPSA) is 51.2 Å². The third-order valence-corrected chi connectivity index (χ3v) is 4.88. The van der Waals surface area contributed by atoms with Gasteiger partial charge in [-0.05, 0) is 46.7 Å². The van der Waals surface area contributed by atoms with Crippen LogP contribution in [0.15, 0.2) is 66.9 Å². The second-order valence-corrected chi connectivity index (χ2v) is 6.65. The normalized spacial score (nSPS) is 11.8. The Bertz CT molecular complexity index is 1030. The molecule has 2 aromatic carbocycles. The van der Waals surface area contributed by atoms with E-state index >= 15 is 0 Å². The van der Waals surface area contributed by atoms with Crippen molar-refractivity contribution < 1.29 is 9.53 Å². The smallest absolute Gasteiger partial charge is 0.407 e. The molecule has 28 heavy (non-hydrogen) atoms. The first kappa shape index (κ1) is 17.8. The summed E-state index contributed by atoms with van der Waals surface area (Å²) in [5, 5.41) is 2.68. The van der Waals surface area contributed by atoms with E-state index in [-0.39, 0.29) is 12.5 Å². The average molecular weight is 368 g/mol. The first-order valence-electron chi connectivity index (χ1n) is 9.23. The summed E-state index contributed by atoms with van der Waals surface area (Å²) in [6.07, 6.45) is 1.24. The minimum atomic E-state index is -0.464. The molecule has 0 unspecified atom stereocenters. The van der Waals surface area contributed by atoms with Crippen molar-refractivity contribution in [3.8, 4) is 23.0 Å². The number of pyridine rings is 1. The quantitative estimate of drug-likeness (QED) is 0.702. The molecular formula is C24H20N2O2. The number of benzene rings is 2. The van der Waals surface area contributed by atoms with E-state index < -0.39 is 6.09 Å². The summed E-state index contributed by atoms with van der Waals surface area (Å²) < 4.78 is 5.48. The molecule has 1 aromatic heterocycles. The zero-order valence-electron chi connectivity index (χ0n) is 15.6. The first-order chi connectivity index (χ1) is 13.7. The Kier molecular flexibility index (Phi) is 5.07. The van der Waals surface area contributed by atoms with Crippen LogP contribution in [0.25, 0.3) is 11.1 Å². The summed E-state index contributed by atoms with van der Waals surface area (Å²) in [6, 6.07) is 20.4. The Morgan fingerprint density at radius 1 is 1.04 bits per heavy atom. The van der Waals surface area contributed by atoms with Crippen LogP contribution >= 0.6 is 0 Å². The largest absolute Gasteiger partial charge is 0.449 e. The van der Waals surface area contributed by atoms with Gasteiger partial charge in [-0.15, -0.1) is 0 Å². The van der Waals surface area contributed by atoms with Gasteiger partial charge in [0.2, 0.25) is 0 Å². The number of rotatable bonds is 3. The lowest BCUT2D eigenvalue weighted by atomic mass is 9.98. The van der Waals surface area contributed by atoms with Gasteiger partial charge in [0, 0.05) is 12.1 Å². The van der Waals surface area contributed by atoms with Gasteiger partial charge in [0.05, 0.1) is 6.54 Å². The number of alkyl carbamates (subject to hydrolysis) is 1. The molecule has 0 saturated heterocycles. The molecule has 4 nitrogen and oxygen atoms in total. The third kappa shape index (κ3) is 3.60. The second kappa shape index (κ2) is 7.98. The van der Waals surface area contributed by atoms with E-state index in [2.05, 4.69) is 46.4 Å². The molecule has 0 spiro atoms. The lowest BCUT2D eigenvalue weighted by molar-refractivity contribution is 0.144. The van der Waals surface area contributed by atoms with Crippen molar-refractivity contribution in [3.63, 3.8) is 0 Å². The molecular weight excluding hydrogens is 348 g/mol. The summed E-state index contributed by atoms with van der Waals surface area (Å²) in [6.45, 7) is 2.47. The van der Waals surface area contributed by atoms with Crippen molar-refractivity contribution in [2.45, 2.75) is 12.8 Å². The number of nitrogens with zero attached hydrogens (tertiary/aromatic N) is 1. The highest BCUT2D eigenvalue weighted by molar-refractivity contribution is 5.79. The lowest BCUT2D eigenvalue weighted by Crippen LogP contribution is -2.26. The highest BCUT2D eigenvalue weighted by atomic mass is 16.5. The van der Waals surface area contributed by atoms with E-state index in [4.69, 9.17) is 4.74 Å². The monoisotopic (exact) mass is 368 g/mol. The molecule has 0 aliphatic heterocycles. The van der Waals surface area contributed by atoms with Gasteiger partial charge in [0.1, 0.15) is 12.3 Å². The van der Waals surface area contributed by atoms with Crippen molar-refractivity contribution >= 4 is 6.09 Å². The van der Waals surface area contributed by atoms with E-state index in [0.29, 0.717) is 6.61 Å². The number of amides is 1. The highest BCUT2D eigenvalue weighted by Crippen LogP contribution is 2.44. The molecule has 0 bridgehead atoms. The number of hydrogen-bond donors (Lipinski definition) is 1. The van der Waals surface area contributed by atoms with Crippen LogP contribution in [0, 0.1) is 18.8 Å². The number of ether oxygens (including phenoxy) is 1. The van der Waals surface area contributed by atoms with Gasteiger partial charge < -0.3 is 10.1 Å². The minimum Gasteiger partial charge on any atom is -0.449 e. The SMILES string of the molecule is Cc1cccnc1C#CCNC(=O)OCC1c2ccccc2-c2ccccc21. The van der Waals surface area contributed by atoms with E-state index in [9.17, 15) is 4.79 Å². The molecule has 1 aliphatic carbocycles. The van der Waals surface area contributed by atoms with Gasteiger partial charge in [-0.25, -0.2) is 9.78 Å². The maximum atomic E-state index is 12.1. The van der Waals surface area contributed by atoms with Crippen molar-refractivity contribution in [2.24, 2.45) is 0 Å². The molecule has 4 heteroatoms. The number of carbonyl (C=O) groups excluding carboxylic acids is 1. The third-order valence-electron chi connectivity index (χ3n) is 4.88. The van der Waals surface area contributed by atoms with Gasteiger partial charge in [0.15, 0.2) is 0 Å². The van der Waals surface area contributed by atoms with Crippen molar-refractivity contribution in [1.29, 1.82) is 0 Å². The molecule has 4 rings (SSSR count). The molecule has 0 atom stereocenters. The Labute approximate surface area is 164 Å². The van der Waals surface area contributed by atoms with Gasteiger partial charge in [0.25, 0.3) is 0 Å². The van der Waals surface area contributed by atoms with Crippen LogP contribution in [0.5, 0.6) is 0 Å². The first-order valence-corrected chi connectivity index (χ1v) is 9.23. The number of aryl methyl sites for hydroxylation is 1. The molecule has 1 amide bonds. The van der Waals surface area contributed by atoms with Crippen molar-refractivity contribution in [1.82, 2.24) is 10.3 Å².